The highest BCUT2D eigenvalue weighted by molar-refractivity contribution is 7.92. The zero-order chi connectivity index (χ0) is 23.1. The summed E-state index contributed by atoms with van der Waals surface area (Å²) in [5.41, 5.74) is 4.62. The molecule has 8 nitrogen and oxygen atoms in total. The Morgan fingerprint density at radius 3 is 2.38 bits per heavy atom. The van der Waals surface area contributed by atoms with Crippen molar-refractivity contribution in [2.24, 2.45) is 0 Å². The van der Waals surface area contributed by atoms with Crippen molar-refractivity contribution in [3.05, 3.63) is 88.4 Å². The van der Waals surface area contributed by atoms with Crippen LogP contribution < -0.4 is 20.3 Å². The molecule has 3 aromatic carbocycles. The molecule has 0 saturated carbocycles. The third-order valence-electron chi connectivity index (χ3n) is 4.01. The predicted octanol–water partition coefficient (Wildman–Crippen LogP) is 3.63. The van der Waals surface area contributed by atoms with Crippen LogP contribution in [0.4, 0.5) is 5.69 Å². The average molecular weight is 494 g/mol. The van der Waals surface area contributed by atoms with Gasteiger partial charge in [-0.25, -0.2) is 8.42 Å². The summed E-state index contributed by atoms with van der Waals surface area (Å²) in [5.74, 6) is -0.943. The molecule has 0 unspecified atom stereocenters. The van der Waals surface area contributed by atoms with Crippen LogP contribution >= 0.6 is 23.2 Å². The van der Waals surface area contributed by atoms with E-state index in [4.69, 9.17) is 27.9 Å². The Morgan fingerprint density at radius 1 is 0.875 bits per heavy atom. The van der Waals surface area contributed by atoms with E-state index in [0.717, 1.165) is 0 Å². The molecular formula is C21H17Cl2N3O5S. The summed E-state index contributed by atoms with van der Waals surface area (Å²) in [4.78, 5) is 24.1. The van der Waals surface area contributed by atoms with Gasteiger partial charge < -0.3 is 4.74 Å². The summed E-state index contributed by atoms with van der Waals surface area (Å²) < 4.78 is 32.9. The van der Waals surface area contributed by atoms with Crippen molar-refractivity contribution in [2.45, 2.75) is 4.90 Å². The number of hydrogen-bond acceptors (Lipinski definition) is 5. The number of ether oxygens (including phenoxy) is 1. The fraction of sp³-hybridized carbons (Fsp3) is 0.0476. The van der Waals surface area contributed by atoms with Crippen molar-refractivity contribution in [2.75, 3.05) is 11.3 Å². The molecule has 0 aliphatic carbocycles. The van der Waals surface area contributed by atoms with Crippen LogP contribution in [0.5, 0.6) is 5.75 Å². The first-order valence-corrected chi connectivity index (χ1v) is 11.3. The third-order valence-corrected chi connectivity index (χ3v) is 5.93. The molecule has 0 aliphatic heterocycles. The second kappa shape index (κ2) is 10.4. The van der Waals surface area contributed by atoms with Gasteiger partial charge in [0.2, 0.25) is 0 Å². The van der Waals surface area contributed by atoms with Gasteiger partial charge in [-0.2, -0.15) is 0 Å². The summed E-state index contributed by atoms with van der Waals surface area (Å²) in [6.07, 6.45) is 0. The molecule has 0 aromatic heterocycles. The Kier molecular flexibility index (Phi) is 7.57. The Morgan fingerprint density at radius 2 is 1.62 bits per heavy atom. The molecule has 0 bridgehead atoms. The van der Waals surface area contributed by atoms with E-state index in [-0.39, 0.29) is 27.8 Å². The van der Waals surface area contributed by atoms with Gasteiger partial charge >= 0.3 is 0 Å². The minimum absolute atomic E-state index is 0.0168. The Balaban J connectivity index is 1.60. The maximum absolute atomic E-state index is 12.6. The van der Waals surface area contributed by atoms with E-state index in [2.05, 4.69) is 15.6 Å². The van der Waals surface area contributed by atoms with E-state index >= 15 is 0 Å². The first-order chi connectivity index (χ1) is 15.2. The normalized spacial score (nSPS) is 10.8. The topological polar surface area (TPSA) is 114 Å². The monoisotopic (exact) mass is 493 g/mol. The molecular weight excluding hydrogens is 477 g/mol. The lowest BCUT2D eigenvalue weighted by atomic mass is 10.2. The molecule has 11 heteroatoms. The average Bonchev–Trinajstić information content (AvgIpc) is 2.77. The van der Waals surface area contributed by atoms with Gasteiger partial charge in [-0.1, -0.05) is 47.5 Å². The Labute approximate surface area is 194 Å². The van der Waals surface area contributed by atoms with Crippen LogP contribution in [0.15, 0.2) is 77.7 Å². The van der Waals surface area contributed by atoms with Crippen LogP contribution in [0.1, 0.15) is 10.4 Å². The van der Waals surface area contributed by atoms with Crippen molar-refractivity contribution >= 4 is 50.7 Å². The number of para-hydroxylation sites is 1. The molecule has 3 rings (SSSR count). The standard InChI is InChI=1S/C21H17Cl2N3O5S/c22-15-6-4-7-16(12-15)31-13-20(27)24-25-21(28)14-5-3-8-17(11-14)32(29,30)26-19-10-2-1-9-18(19)23/h1-12,26H,13H2,(H,24,27)(H,25,28). The minimum atomic E-state index is -4.00. The molecule has 0 radical (unpaired) electrons. The quantitative estimate of drug-likeness (QED) is 0.434. The van der Waals surface area contributed by atoms with Crippen LogP contribution in [-0.4, -0.2) is 26.8 Å². The zero-order valence-corrected chi connectivity index (χ0v) is 18.7. The number of hydrogen-bond donors (Lipinski definition) is 3. The largest absolute Gasteiger partial charge is 0.484 e. The maximum atomic E-state index is 12.6. The van der Waals surface area contributed by atoms with Crippen LogP contribution in [-0.2, 0) is 14.8 Å². The first kappa shape index (κ1) is 23.4. The number of carbonyl (C=O) groups excluding carboxylic acids is 2. The van der Waals surface area contributed by atoms with Gasteiger partial charge in [0, 0.05) is 10.6 Å². The van der Waals surface area contributed by atoms with Crippen molar-refractivity contribution in [3.8, 4) is 5.75 Å². The molecule has 166 valence electrons. The van der Waals surface area contributed by atoms with E-state index in [1.807, 2.05) is 0 Å². The summed E-state index contributed by atoms with van der Waals surface area (Å²) in [6.45, 7) is -0.364. The molecule has 0 fully saturated rings. The van der Waals surface area contributed by atoms with Crippen molar-refractivity contribution in [1.82, 2.24) is 10.9 Å². The molecule has 0 spiro atoms. The summed E-state index contributed by atoms with van der Waals surface area (Å²) in [5, 5.41) is 0.683. The second-order valence-electron chi connectivity index (χ2n) is 6.36. The maximum Gasteiger partial charge on any atom is 0.276 e. The first-order valence-electron chi connectivity index (χ1n) is 9.09. The number of rotatable bonds is 7. The van der Waals surface area contributed by atoms with E-state index < -0.39 is 21.8 Å². The number of amides is 2. The van der Waals surface area contributed by atoms with Crippen LogP contribution in [0.25, 0.3) is 0 Å². The van der Waals surface area contributed by atoms with Gasteiger partial charge in [0.25, 0.3) is 21.8 Å². The van der Waals surface area contributed by atoms with Gasteiger partial charge in [0.1, 0.15) is 5.75 Å². The van der Waals surface area contributed by atoms with Crippen molar-refractivity contribution in [3.63, 3.8) is 0 Å². The second-order valence-corrected chi connectivity index (χ2v) is 8.89. The molecule has 3 N–H and O–H groups in total. The predicted molar refractivity (Wildman–Crippen MR) is 121 cm³/mol. The van der Waals surface area contributed by atoms with Crippen LogP contribution in [0.2, 0.25) is 10.0 Å². The van der Waals surface area contributed by atoms with Gasteiger partial charge in [0.15, 0.2) is 6.61 Å². The number of carbonyl (C=O) groups is 2. The lowest BCUT2D eigenvalue weighted by Crippen LogP contribution is -2.43. The molecule has 0 saturated heterocycles. The summed E-state index contributed by atoms with van der Waals surface area (Å²) >= 11 is 11.8. The van der Waals surface area contributed by atoms with Crippen LogP contribution in [0, 0.1) is 0 Å². The molecule has 3 aromatic rings. The van der Waals surface area contributed by atoms with Crippen molar-refractivity contribution in [1.29, 1.82) is 0 Å². The summed E-state index contributed by atoms with van der Waals surface area (Å²) in [7, 11) is -4.00. The lowest BCUT2D eigenvalue weighted by Gasteiger charge is -2.11. The highest BCUT2D eigenvalue weighted by atomic mass is 35.5. The molecule has 0 atom stereocenters. The number of nitrogens with one attached hydrogen (secondary N) is 3. The highest BCUT2D eigenvalue weighted by Gasteiger charge is 2.18. The fourth-order valence-corrected chi connectivity index (χ4v) is 4.04. The Bertz CT molecular complexity index is 1250. The summed E-state index contributed by atoms with van der Waals surface area (Å²) in [6, 6.07) is 18.1. The van der Waals surface area contributed by atoms with Gasteiger partial charge in [0.05, 0.1) is 15.6 Å². The van der Waals surface area contributed by atoms with Gasteiger partial charge in [-0.15, -0.1) is 0 Å². The highest BCUT2D eigenvalue weighted by Crippen LogP contribution is 2.24. The zero-order valence-electron chi connectivity index (χ0n) is 16.3. The van der Waals surface area contributed by atoms with E-state index in [9.17, 15) is 18.0 Å². The van der Waals surface area contributed by atoms with E-state index in [1.165, 1.54) is 36.4 Å². The Hall–Kier alpha value is -3.27. The van der Waals surface area contributed by atoms with Crippen molar-refractivity contribution < 1.29 is 22.7 Å². The minimum Gasteiger partial charge on any atom is -0.484 e. The van der Waals surface area contributed by atoms with Gasteiger partial charge in [-0.3, -0.25) is 25.2 Å². The van der Waals surface area contributed by atoms with Crippen LogP contribution in [0.3, 0.4) is 0 Å². The van der Waals surface area contributed by atoms with Gasteiger partial charge in [-0.05, 0) is 48.5 Å². The molecule has 2 amide bonds. The lowest BCUT2D eigenvalue weighted by molar-refractivity contribution is -0.123. The number of sulfonamides is 1. The fourth-order valence-electron chi connectivity index (χ4n) is 2.49. The third kappa shape index (κ3) is 6.36. The number of halogens is 2. The van der Waals surface area contributed by atoms with E-state index in [1.54, 1.807) is 36.4 Å². The number of hydrazine groups is 1. The SMILES string of the molecule is O=C(COc1cccc(Cl)c1)NNC(=O)c1cccc(S(=O)(=O)Nc2ccccc2Cl)c1. The van der Waals surface area contributed by atoms with E-state index in [0.29, 0.717) is 10.8 Å². The number of anilines is 1. The molecule has 32 heavy (non-hydrogen) atoms. The molecule has 0 heterocycles. The number of benzene rings is 3. The molecule has 0 aliphatic rings. The smallest absolute Gasteiger partial charge is 0.276 e.